The van der Waals surface area contributed by atoms with Crippen molar-refractivity contribution >= 4 is 0 Å². The monoisotopic (exact) mass is 441 g/mol. The molecule has 0 saturated carbocycles. The molecule has 0 amide bonds. The van der Waals surface area contributed by atoms with E-state index in [0.717, 1.165) is 33.6 Å². The van der Waals surface area contributed by atoms with Crippen molar-refractivity contribution in [1.82, 2.24) is 15.0 Å². The molecule has 1 heterocycles. The number of benzene rings is 4. The van der Waals surface area contributed by atoms with E-state index in [-0.39, 0.29) is 5.41 Å². The van der Waals surface area contributed by atoms with Crippen molar-refractivity contribution in [1.29, 1.82) is 0 Å². The Hall–Kier alpha value is -4.11. The molecule has 0 fully saturated rings. The van der Waals surface area contributed by atoms with Crippen LogP contribution in [0.1, 0.15) is 26.6 Å². The van der Waals surface area contributed by atoms with Gasteiger partial charge in [0, 0.05) is 16.5 Å². The molecule has 3 nitrogen and oxygen atoms in total. The van der Waals surface area contributed by atoms with Gasteiger partial charge in [-0.1, -0.05) is 118 Å². The molecule has 0 aliphatic carbocycles. The van der Waals surface area contributed by atoms with Crippen molar-refractivity contribution in [3.63, 3.8) is 0 Å². The van der Waals surface area contributed by atoms with Gasteiger partial charge in [0.1, 0.15) is 5.82 Å². The van der Waals surface area contributed by atoms with Crippen LogP contribution in [0, 0.1) is 0 Å². The Bertz CT molecular complexity index is 1400. The first kappa shape index (κ1) is 21.7. The molecular formula is C31H27N3. The van der Waals surface area contributed by atoms with Crippen molar-refractivity contribution in [3.8, 4) is 45.0 Å². The van der Waals surface area contributed by atoms with E-state index in [2.05, 4.69) is 87.5 Å². The Morgan fingerprint density at radius 2 is 0.971 bits per heavy atom. The first-order valence-corrected chi connectivity index (χ1v) is 11.6. The minimum Gasteiger partial charge on any atom is -0.212 e. The van der Waals surface area contributed by atoms with E-state index in [1.54, 1.807) is 0 Å². The quantitative estimate of drug-likeness (QED) is 0.285. The average molecular weight is 442 g/mol. The molecule has 0 atom stereocenters. The second kappa shape index (κ2) is 9.03. The van der Waals surface area contributed by atoms with Gasteiger partial charge in [-0.3, -0.25) is 0 Å². The van der Waals surface area contributed by atoms with Crippen LogP contribution in [0.4, 0.5) is 0 Å². The van der Waals surface area contributed by atoms with Crippen molar-refractivity contribution in [2.24, 2.45) is 0 Å². The molecule has 0 bridgehead atoms. The van der Waals surface area contributed by atoms with E-state index >= 15 is 0 Å². The number of rotatable bonds is 4. The van der Waals surface area contributed by atoms with Gasteiger partial charge in [0.25, 0.3) is 0 Å². The molecule has 0 unspecified atom stereocenters. The highest BCUT2D eigenvalue weighted by Gasteiger charge is 2.22. The molecule has 0 N–H and O–H groups in total. The van der Waals surface area contributed by atoms with Gasteiger partial charge >= 0.3 is 0 Å². The minimum atomic E-state index is -0.210. The molecule has 0 spiro atoms. The Balaban J connectivity index is 1.74. The highest BCUT2D eigenvalue weighted by Crippen LogP contribution is 2.35. The highest BCUT2D eigenvalue weighted by atomic mass is 15.0. The molecule has 3 heteroatoms. The number of hydrogen-bond acceptors (Lipinski definition) is 3. The fourth-order valence-corrected chi connectivity index (χ4v) is 3.95. The molecule has 0 aliphatic heterocycles. The molecule has 0 saturated heterocycles. The topological polar surface area (TPSA) is 38.7 Å². The molecule has 166 valence electrons. The van der Waals surface area contributed by atoms with Crippen LogP contribution in [-0.4, -0.2) is 15.0 Å². The lowest BCUT2D eigenvalue weighted by atomic mass is 9.93. The van der Waals surface area contributed by atoms with Crippen molar-refractivity contribution in [2.45, 2.75) is 26.2 Å². The number of aromatic nitrogens is 3. The van der Waals surface area contributed by atoms with Gasteiger partial charge in [0.15, 0.2) is 11.6 Å². The molecule has 0 aliphatic rings. The fraction of sp³-hybridized carbons (Fsp3) is 0.129. The Kier molecular flexibility index (Phi) is 5.77. The van der Waals surface area contributed by atoms with Gasteiger partial charge in [-0.2, -0.15) is 0 Å². The van der Waals surface area contributed by atoms with Gasteiger partial charge in [-0.05, 0) is 34.4 Å². The van der Waals surface area contributed by atoms with Crippen molar-refractivity contribution in [3.05, 3.63) is 115 Å². The zero-order valence-electron chi connectivity index (χ0n) is 19.7. The van der Waals surface area contributed by atoms with Gasteiger partial charge in [-0.25, -0.2) is 15.0 Å². The van der Waals surface area contributed by atoms with Crippen LogP contribution in [0.5, 0.6) is 0 Å². The smallest absolute Gasteiger partial charge is 0.164 e. The maximum Gasteiger partial charge on any atom is 0.164 e. The molecule has 4 aromatic carbocycles. The van der Waals surface area contributed by atoms with Crippen LogP contribution >= 0.6 is 0 Å². The number of nitrogens with zero attached hydrogens (tertiary/aromatic N) is 3. The Morgan fingerprint density at radius 1 is 0.441 bits per heavy atom. The maximum absolute atomic E-state index is 4.97. The summed E-state index contributed by atoms with van der Waals surface area (Å²) in [6, 6.07) is 37.6. The molecule has 34 heavy (non-hydrogen) atoms. The fourth-order valence-electron chi connectivity index (χ4n) is 3.95. The van der Waals surface area contributed by atoms with E-state index in [1.807, 2.05) is 42.5 Å². The van der Waals surface area contributed by atoms with Crippen LogP contribution in [0.3, 0.4) is 0 Å². The zero-order chi connectivity index (χ0) is 23.5. The van der Waals surface area contributed by atoms with E-state index in [1.165, 1.54) is 5.56 Å². The number of hydrogen-bond donors (Lipinski definition) is 0. The summed E-state index contributed by atoms with van der Waals surface area (Å²) in [6.07, 6.45) is 0. The van der Waals surface area contributed by atoms with Crippen LogP contribution in [0.2, 0.25) is 0 Å². The minimum absolute atomic E-state index is 0.210. The highest BCUT2D eigenvalue weighted by molar-refractivity contribution is 5.85. The first-order valence-electron chi connectivity index (χ1n) is 11.6. The zero-order valence-corrected chi connectivity index (χ0v) is 19.7. The maximum atomic E-state index is 4.97. The average Bonchev–Trinajstić information content (AvgIpc) is 2.89. The van der Waals surface area contributed by atoms with Crippen LogP contribution in [0.15, 0.2) is 109 Å². The van der Waals surface area contributed by atoms with Gasteiger partial charge in [-0.15, -0.1) is 0 Å². The first-order chi connectivity index (χ1) is 16.5. The third-order valence-electron chi connectivity index (χ3n) is 5.79. The van der Waals surface area contributed by atoms with E-state index < -0.39 is 0 Å². The molecule has 5 rings (SSSR count). The lowest BCUT2D eigenvalue weighted by molar-refractivity contribution is 0.543. The van der Waals surface area contributed by atoms with Gasteiger partial charge < -0.3 is 0 Å². The van der Waals surface area contributed by atoms with Crippen LogP contribution < -0.4 is 0 Å². The van der Waals surface area contributed by atoms with E-state index in [0.29, 0.717) is 11.6 Å². The molecular weight excluding hydrogens is 414 g/mol. The molecule has 1 aromatic heterocycles. The predicted molar refractivity (Wildman–Crippen MR) is 140 cm³/mol. The second-order valence-electron chi connectivity index (χ2n) is 9.41. The summed E-state index contributed by atoms with van der Waals surface area (Å²) in [7, 11) is 0. The Labute approximate surface area is 201 Å². The second-order valence-corrected chi connectivity index (χ2v) is 9.41. The molecule has 5 aromatic rings. The lowest BCUT2D eigenvalue weighted by Gasteiger charge is -2.19. The summed E-state index contributed by atoms with van der Waals surface area (Å²) >= 11 is 0. The SMILES string of the molecule is CC(C)(C)c1nc(-c2ccccc2)nc(-c2ccc(-c3ccccc3)cc2-c2ccccc2)n1. The largest absolute Gasteiger partial charge is 0.212 e. The lowest BCUT2D eigenvalue weighted by Crippen LogP contribution is -2.18. The third-order valence-corrected chi connectivity index (χ3v) is 5.79. The normalized spacial score (nSPS) is 11.4. The summed E-state index contributed by atoms with van der Waals surface area (Å²) in [5.41, 5.74) is 6.35. The van der Waals surface area contributed by atoms with E-state index in [9.17, 15) is 0 Å². The summed E-state index contributed by atoms with van der Waals surface area (Å²) in [5, 5.41) is 0. The molecule has 0 radical (unpaired) electrons. The third kappa shape index (κ3) is 4.51. The van der Waals surface area contributed by atoms with Crippen molar-refractivity contribution < 1.29 is 0 Å². The standard InChI is InChI=1S/C31H27N3/c1-31(2,3)30-33-28(24-17-11-6-12-18-24)32-29(34-30)26-20-19-25(22-13-7-4-8-14-22)21-27(26)23-15-9-5-10-16-23/h4-21H,1-3H3. The predicted octanol–water partition coefficient (Wildman–Crippen LogP) is 7.84. The summed E-state index contributed by atoms with van der Waals surface area (Å²) in [6.45, 7) is 6.41. The summed E-state index contributed by atoms with van der Waals surface area (Å²) in [4.78, 5) is 14.8. The van der Waals surface area contributed by atoms with E-state index in [4.69, 9.17) is 15.0 Å². The van der Waals surface area contributed by atoms with Crippen molar-refractivity contribution in [2.75, 3.05) is 0 Å². The Morgan fingerprint density at radius 3 is 1.56 bits per heavy atom. The van der Waals surface area contributed by atoms with Gasteiger partial charge in [0.2, 0.25) is 0 Å². The van der Waals surface area contributed by atoms with Crippen LogP contribution in [-0.2, 0) is 5.41 Å². The van der Waals surface area contributed by atoms with Gasteiger partial charge in [0.05, 0.1) is 0 Å². The summed E-state index contributed by atoms with van der Waals surface area (Å²) in [5.74, 6) is 2.17. The van der Waals surface area contributed by atoms with Crippen LogP contribution in [0.25, 0.3) is 45.0 Å². The summed E-state index contributed by atoms with van der Waals surface area (Å²) < 4.78 is 0.